The summed E-state index contributed by atoms with van der Waals surface area (Å²) in [5.41, 5.74) is 0. The number of halogens is 2. The molecular formula is C9H21Br2O3P. The third-order valence-corrected chi connectivity index (χ3v) is 4.34. The molecule has 0 radical (unpaired) electrons. The zero-order valence-corrected chi connectivity index (χ0v) is 14.1. The highest BCUT2D eigenvalue weighted by molar-refractivity contribution is 9.11. The van der Waals surface area contributed by atoms with Gasteiger partial charge >= 0.3 is 7.60 Å². The molecule has 3 nitrogen and oxygen atoms in total. The number of rotatable bonds is 5. The molecule has 0 saturated heterocycles. The molecule has 15 heavy (non-hydrogen) atoms. The van der Waals surface area contributed by atoms with Crippen LogP contribution in [0.4, 0.5) is 0 Å². The van der Waals surface area contributed by atoms with Gasteiger partial charge in [0.15, 0.2) is 0 Å². The second-order valence-electron chi connectivity index (χ2n) is 3.46. The maximum Gasteiger partial charge on any atom is 0.328 e. The predicted octanol–water partition coefficient (Wildman–Crippen LogP) is 4.44. The Balaban J connectivity index is 0. The van der Waals surface area contributed by atoms with E-state index in [2.05, 4.69) is 31.9 Å². The van der Waals surface area contributed by atoms with Crippen molar-refractivity contribution in [1.82, 2.24) is 0 Å². The lowest BCUT2D eigenvalue weighted by Gasteiger charge is -2.18. The summed E-state index contributed by atoms with van der Waals surface area (Å²) in [5.74, 6) is 0. The lowest BCUT2D eigenvalue weighted by Crippen LogP contribution is -2.06. The molecule has 0 heterocycles. The van der Waals surface area contributed by atoms with Crippen molar-refractivity contribution in [3.8, 4) is 0 Å². The van der Waals surface area contributed by atoms with Gasteiger partial charge in [-0.2, -0.15) is 0 Å². The first-order valence-electron chi connectivity index (χ1n) is 4.81. The smallest absolute Gasteiger partial charge is 0.306 e. The van der Waals surface area contributed by atoms with Crippen LogP contribution >= 0.6 is 39.5 Å². The Kier molecular flexibility index (Phi) is 12.7. The molecule has 0 amide bonds. The van der Waals surface area contributed by atoms with E-state index >= 15 is 0 Å². The fourth-order valence-electron chi connectivity index (χ4n) is 0.791. The van der Waals surface area contributed by atoms with Crippen molar-refractivity contribution in [2.45, 2.75) is 39.9 Å². The highest BCUT2D eigenvalue weighted by atomic mass is 79.9. The van der Waals surface area contributed by atoms with Crippen molar-refractivity contribution in [3.05, 3.63) is 0 Å². The number of hydrogen-bond donors (Lipinski definition) is 0. The Morgan fingerprint density at radius 2 is 1.27 bits per heavy atom. The van der Waals surface area contributed by atoms with Gasteiger partial charge in [0.25, 0.3) is 0 Å². The second-order valence-corrected chi connectivity index (χ2v) is 7.01. The van der Waals surface area contributed by atoms with Crippen LogP contribution in [0.5, 0.6) is 0 Å². The first-order chi connectivity index (χ1) is 6.75. The van der Waals surface area contributed by atoms with Crippen molar-refractivity contribution in [2.75, 3.05) is 17.3 Å². The molecular weight excluding hydrogens is 347 g/mol. The largest absolute Gasteiger partial charge is 0.328 e. The van der Waals surface area contributed by atoms with Gasteiger partial charge < -0.3 is 9.05 Å². The summed E-state index contributed by atoms with van der Waals surface area (Å²) in [4.78, 5) is 0. The molecule has 0 fully saturated rings. The topological polar surface area (TPSA) is 35.5 Å². The third kappa shape index (κ3) is 17.7. The Labute approximate surface area is 110 Å². The molecule has 0 saturated carbocycles. The third-order valence-electron chi connectivity index (χ3n) is 0.876. The van der Waals surface area contributed by atoms with Gasteiger partial charge in [0.2, 0.25) is 0 Å². The Bertz CT molecular complexity index is 170. The van der Waals surface area contributed by atoms with Gasteiger partial charge in [-0.3, -0.25) is 4.57 Å². The fourth-order valence-corrected chi connectivity index (χ4v) is 2.37. The molecule has 0 aromatic carbocycles. The van der Waals surface area contributed by atoms with Crippen LogP contribution in [0.1, 0.15) is 27.7 Å². The van der Waals surface area contributed by atoms with E-state index in [0.29, 0.717) is 0 Å². The minimum Gasteiger partial charge on any atom is -0.306 e. The van der Waals surface area contributed by atoms with Gasteiger partial charge in [-0.25, -0.2) is 0 Å². The standard InChI is InChI=1S/C7H17O3P.C2H4Br2/c1-6(2)9-11(5,8)10-7(3)4;3-1-2-4/h6-7H,1-5H3;1-2H2. The SMILES string of the molecule is BrCCBr.CC(C)OP(C)(=O)OC(C)C. The Morgan fingerprint density at radius 1 is 1.00 bits per heavy atom. The van der Waals surface area contributed by atoms with Crippen molar-refractivity contribution >= 4 is 39.5 Å². The first-order valence-corrected chi connectivity index (χ1v) is 9.04. The average molecular weight is 368 g/mol. The number of hydrogen-bond acceptors (Lipinski definition) is 3. The highest BCUT2D eigenvalue weighted by Crippen LogP contribution is 2.46. The van der Waals surface area contributed by atoms with Gasteiger partial charge in [0.05, 0.1) is 12.2 Å². The van der Waals surface area contributed by atoms with Crippen LogP contribution < -0.4 is 0 Å². The predicted molar refractivity (Wildman–Crippen MR) is 73.6 cm³/mol. The van der Waals surface area contributed by atoms with Crippen molar-refractivity contribution in [2.24, 2.45) is 0 Å². The van der Waals surface area contributed by atoms with Gasteiger partial charge in [-0.15, -0.1) is 0 Å². The van der Waals surface area contributed by atoms with Crippen molar-refractivity contribution < 1.29 is 13.6 Å². The molecule has 0 aliphatic carbocycles. The van der Waals surface area contributed by atoms with E-state index in [4.69, 9.17) is 9.05 Å². The van der Waals surface area contributed by atoms with E-state index in [1.54, 1.807) is 0 Å². The zero-order chi connectivity index (χ0) is 12.5. The maximum atomic E-state index is 11.4. The molecule has 0 N–H and O–H groups in total. The zero-order valence-electron chi connectivity index (χ0n) is 10.00. The van der Waals surface area contributed by atoms with E-state index in [1.807, 2.05) is 27.7 Å². The van der Waals surface area contributed by atoms with Gasteiger partial charge in [0, 0.05) is 17.3 Å². The quantitative estimate of drug-likeness (QED) is 0.532. The molecule has 0 aliphatic rings. The molecule has 0 spiro atoms. The van der Waals surface area contributed by atoms with E-state index in [1.165, 1.54) is 6.66 Å². The summed E-state index contributed by atoms with van der Waals surface area (Å²) in [6.07, 6.45) is -0.103. The molecule has 0 unspecified atom stereocenters. The molecule has 6 heteroatoms. The Morgan fingerprint density at radius 3 is 1.40 bits per heavy atom. The van der Waals surface area contributed by atoms with Gasteiger partial charge in [0.1, 0.15) is 0 Å². The summed E-state index contributed by atoms with van der Waals surface area (Å²) < 4.78 is 21.6. The lowest BCUT2D eigenvalue weighted by molar-refractivity contribution is 0.146. The van der Waals surface area contributed by atoms with Gasteiger partial charge in [-0.05, 0) is 27.7 Å². The van der Waals surface area contributed by atoms with Crippen LogP contribution in [0, 0.1) is 0 Å². The average Bonchev–Trinajstić information content (AvgIpc) is 1.99. The molecule has 94 valence electrons. The molecule has 0 aromatic heterocycles. The second kappa shape index (κ2) is 10.3. The lowest BCUT2D eigenvalue weighted by atomic mass is 10.5. The summed E-state index contributed by atoms with van der Waals surface area (Å²) in [6, 6.07) is 0. The molecule has 0 aliphatic heterocycles. The van der Waals surface area contributed by atoms with E-state index in [0.717, 1.165) is 10.7 Å². The first kappa shape index (κ1) is 18.5. The normalized spacial score (nSPS) is 11.5. The monoisotopic (exact) mass is 366 g/mol. The van der Waals surface area contributed by atoms with Crippen LogP contribution in [0.2, 0.25) is 0 Å². The van der Waals surface area contributed by atoms with Crippen molar-refractivity contribution in [1.29, 1.82) is 0 Å². The minimum atomic E-state index is -2.80. The summed E-state index contributed by atoms with van der Waals surface area (Å²) in [7, 11) is -2.80. The summed E-state index contributed by atoms with van der Waals surface area (Å²) in [6.45, 7) is 8.83. The summed E-state index contributed by atoms with van der Waals surface area (Å²) in [5, 5.41) is 2.10. The Hall–Kier alpha value is 1.11. The van der Waals surface area contributed by atoms with Crippen LogP contribution in [0.3, 0.4) is 0 Å². The van der Waals surface area contributed by atoms with Crippen LogP contribution in [0.15, 0.2) is 0 Å². The molecule has 0 atom stereocenters. The minimum absolute atomic E-state index is 0.0513. The van der Waals surface area contributed by atoms with E-state index in [9.17, 15) is 4.57 Å². The van der Waals surface area contributed by atoms with E-state index < -0.39 is 7.60 Å². The van der Waals surface area contributed by atoms with E-state index in [-0.39, 0.29) is 12.2 Å². The summed E-state index contributed by atoms with van der Waals surface area (Å²) >= 11 is 6.40. The van der Waals surface area contributed by atoms with Crippen LogP contribution in [-0.2, 0) is 13.6 Å². The molecule has 0 aromatic rings. The molecule has 0 rings (SSSR count). The highest BCUT2D eigenvalue weighted by Gasteiger charge is 2.19. The number of alkyl halides is 2. The van der Waals surface area contributed by atoms with Crippen LogP contribution in [0.25, 0.3) is 0 Å². The maximum absolute atomic E-state index is 11.4. The van der Waals surface area contributed by atoms with Crippen molar-refractivity contribution in [3.63, 3.8) is 0 Å². The fraction of sp³-hybridized carbons (Fsp3) is 1.00. The van der Waals surface area contributed by atoms with Gasteiger partial charge in [-0.1, -0.05) is 31.9 Å². The molecule has 0 bridgehead atoms. The van der Waals surface area contributed by atoms with Crippen LogP contribution in [-0.4, -0.2) is 29.5 Å².